The summed E-state index contributed by atoms with van der Waals surface area (Å²) in [4.78, 5) is 18.0. The van der Waals surface area contributed by atoms with Crippen molar-refractivity contribution >= 4 is 5.91 Å². The van der Waals surface area contributed by atoms with Crippen molar-refractivity contribution in [2.24, 2.45) is 0 Å². The van der Waals surface area contributed by atoms with Crippen LogP contribution in [-0.2, 0) is 4.79 Å². The molecule has 1 unspecified atom stereocenters. The van der Waals surface area contributed by atoms with Gasteiger partial charge >= 0.3 is 0 Å². The summed E-state index contributed by atoms with van der Waals surface area (Å²) in [6.07, 6.45) is 3.04. The Labute approximate surface area is 113 Å². The molecule has 5 heteroatoms. The molecule has 2 heterocycles. The number of carbonyl (C=O) groups excluding carboxylic acids is 1. The van der Waals surface area contributed by atoms with Crippen LogP contribution in [0.2, 0.25) is 0 Å². The third kappa shape index (κ3) is 3.23. The van der Waals surface area contributed by atoms with Gasteiger partial charge < -0.3 is 10.4 Å². The molecule has 2 N–H and O–H groups in total. The highest BCUT2D eigenvalue weighted by molar-refractivity contribution is 5.80. The number of unbranched alkanes of at least 4 members (excludes halogenated alkanes) is 2. The fourth-order valence-electron chi connectivity index (χ4n) is 2.35. The quantitative estimate of drug-likeness (QED) is 0.794. The fourth-order valence-corrected chi connectivity index (χ4v) is 2.35. The standard InChI is InChI=1S/C14H21N3O2/c1-3-4-5-8-17-9-12(19)16-14(17)13-11(18)7-6-10(2)15-13/h6-7,14,18H,3-5,8-9H2,1-2H3,(H,16,19). The van der Waals surface area contributed by atoms with Crippen molar-refractivity contribution in [2.75, 3.05) is 13.1 Å². The Bertz CT molecular complexity index is 462. The Hall–Kier alpha value is -1.62. The van der Waals surface area contributed by atoms with Gasteiger partial charge in [-0.1, -0.05) is 19.8 Å². The van der Waals surface area contributed by atoms with Gasteiger partial charge in [0, 0.05) is 12.2 Å². The predicted octanol–water partition coefficient (Wildman–Crippen LogP) is 1.72. The van der Waals surface area contributed by atoms with Gasteiger partial charge in [-0.2, -0.15) is 0 Å². The zero-order valence-corrected chi connectivity index (χ0v) is 11.5. The number of nitrogens with one attached hydrogen (secondary N) is 1. The van der Waals surface area contributed by atoms with Crippen LogP contribution in [0.25, 0.3) is 0 Å². The third-order valence-corrected chi connectivity index (χ3v) is 3.36. The first-order valence-corrected chi connectivity index (χ1v) is 6.81. The maximum atomic E-state index is 11.6. The second-order valence-corrected chi connectivity index (χ2v) is 5.00. The minimum Gasteiger partial charge on any atom is -0.506 e. The maximum absolute atomic E-state index is 11.6. The maximum Gasteiger partial charge on any atom is 0.235 e. The average molecular weight is 263 g/mol. The van der Waals surface area contributed by atoms with Gasteiger partial charge in [-0.25, -0.2) is 0 Å². The molecule has 0 spiro atoms. The van der Waals surface area contributed by atoms with Gasteiger partial charge in [0.05, 0.1) is 6.54 Å². The smallest absolute Gasteiger partial charge is 0.235 e. The Balaban J connectivity index is 2.15. The SMILES string of the molecule is CCCCCN1CC(=O)NC1c1nc(C)ccc1O. The number of rotatable bonds is 5. The molecule has 1 fully saturated rings. The molecule has 1 aliphatic heterocycles. The molecule has 1 atom stereocenters. The summed E-state index contributed by atoms with van der Waals surface area (Å²) < 4.78 is 0. The molecule has 0 saturated carbocycles. The first-order chi connectivity index (χ1) is 9.11. The summed E-state index contributed by atoms with van der Waals surface area (Å²) in [5.74, 6) is 0.127. The van der Waals surface area contributed by atoms with Crippen LogP contribution in [0.15, 0.2) is 12.1 Å². The second kappa shape index (κ2) is 6.02. The molecule has 5 nitrogen and oxygen atoms in total. The van der Waals surface area contributed by atoms with Gasteiger partial charge in [0.2, 0.25) is 5.91 Å². The van der Waals surface area contributed by atoms with E-state index < -0.39 is 0 Å². The minimum absolute atomic E-state index is 0.01000. The van der Waals surface area contributed by atoms with E-state index in [0.717, 1.165) is 31.5 Å². The van der Waals surface area contributed by atoms with Crippen LogP contribution in [0.5, 0.6) is 5.75 Å². The summed E-state index contributed by atoms with van der Waals surface area (Å²) in [7, 11) is 0. The molecule has 1 aromatic heterocycles. The summed E-state index contributed by atoms with van der Waals surface area (Å²) >= 11 is 0. The highest BCUT2D eigenvalue weighted by Gasteiger charge is 2.33. The molecular weight excluding hydrogens is 242 g/mol. The van der Waals surface area contributed by atoms with Crippen molar-refractivity contribution in [3.63, 3.8) is 0 Å². The molecule has 1 amide bonds. The Morgan fingerprint density at radius 3 is 3.00 bits per heavy atom. The normalized spacial score (nSPS) is 19.7. The molecule has 0 aromatic carbocycles. The van der Waals surface area contributed by atoms with Gasteiger partial charge in [-0.15, -0.1) is 0 Å². The number of amides is 1. The van der Waals surface area contributed by atoms with E-state index in [0.29, 0.717) is 12.2 Å². The lowest BCUT2D eigenvalue weighted by Gasteiger charge is -2.23. The van der Waals surface area contributed by atoms with Gasteiger partial charge in [0.15, 0.2) is 0 Å². The summed E-state index contributed by atoms with van der Waals surface area (Å²) in [5, 5.41) is 12.8. The van der Waals surface area contributed by atoms with Gasteiger partial charge in [0.25, 0.3) is 0 Å². The number of aromatic hydroxyl groups is 1. The zero-order chi connectivity index (χ0) is 13.8. The van der Waals surface area contributed by atoms with E-state index in [1.165, 1.54) is 0 Å². The van der Waals surface area contributed by atoms with Crippen LogP contribution in [0.4, 0.5) is 0 Å². The van der Waals surface area contributed by atoms with Crippen molar-refractivity contribution in [1.29, 1.82) is 0 Å². The minimum atomic E-state index is -0.302. The van der Waals surface area contributed by atoms with E-state index in [9.17, 15) is 9.90 Å². The van der Waals surface area contributed by atoms with Gasteiger partial charge in [0.1, 0.15) is 17.6 Å². The van der Waals surface area contributed by atoms with E-state index in [4.69, 9.17) is 0 Å². The number of hydrogen-bond donors (Lipinski definition) is 2. The van der Waals surface area contributed by atoms with Crippen LogP contribution in [0.1, 0.15) is 43.7 Å². The number of carbonyl (C=O) groups is 1. The van der Waals surface area contributed by atoms with Gasteiger partial charge in [-0.05, 0) is 25.5 Å². The lowest BCUT2D eigenvalue weighted by molar-refractivity contribution is -0.118. The number of aromatic nitrogens is 1. The number of pyridine rings is 1. The monoisotopic (exact) mass is 263 g/mol. The highest BCUT2D eigenvalue weighted by Crippen LogP contribution is 2.28. The van der Waals surface area contributed by atoms with Crippen molar-refractivity contribution in [2.45, 2.75) is 39.3 Å². The van der Waals surface area contributed by atoms with Crippen LogP contribution < -0.4 is 5.32 Å². The highest BCUT2D eigenvalue weighted by atomic mass is 16.3. The molecule has 0 bridgehead atoms. The van der Waals surface area contributed by atoms with E-state index in [1.54, 1.807) is 12.1 Å². The molecule has 104 valence electrons. The van der Waals surface area contributed by atoms with Crippen molar-refractivity contribution in [3.05, 3.63) is 23.5 Å². The lowest BCUT2D eigenvalue weighted by Crippen LogP contribution is -2.29. The topological polar surface area (TPSA) is 65.5 Å². The van der Waals surface area contributed by atoms with E-state index in [2.05, 4.69) is 17.2 Å². The Morgan fingerprint density at radius 2 is 2.26 bits per heavy atom. The fraction of sp³-hybridized carbons (Fsp3) is 0.571. The van der Waals surface area contributed by atoms with Crippen molar-refractivity contribution in [1.82, 2.24) is 15.2 Å². The largest absolute Gasteiger partial charge is 0.506 e. The van der Waals surface area contributed by atoms with Crippen molar-refractivity contribution in [3.8, 4) is 5.75 Å². The predicted molar refractivity (Wildman–Crippen MR) is 72.6 cm³/mol. The van der Waals surface area contributed by atoms with Crippen LogP contribution in [-0.4, -0.2) is 34.0 Å². The molecule has 19 heavy (non-hydrogen) atoms. The number of aryl methyl sites for hydroxylation is 1. The first-order valence-electron chi connectivity index (χ1n) is 6.81. The van der Waals surface area contributed by atoms with Crippen LogP contribution >= 0.6 is 0 Å². The summed E-state index contributed by atoms with van der Waals surface area (Å²) in [5.41, 5.74) is 1.38. The number of nitrogens with zero attached hydrogens (tertiary/aromatic N) is 2. The average Bonchev–Trinajstić information content (AvgIpc) is 2.74. The third-order valence-electron chi connectivity index (χ3n) is 3.36. The lowest BCUT2D eigenvalue weighted by atomic mass is 10.2. The molecule has 0 aliphatic carbocycles. The number of hydrogen-bond acceptors (Lipinski definition) is 4. The molecule has 1 aromatic rings. The van der Waals surface area contributed by atoms with E-state index >= 15 is 0 Å². The molecule has 1 saturated heterocycles. The molecule has 0 radical (unpaired) electrons. The summed E-state index contributed by atoms with van der Waals surface area (Å²) in [6, 6.07) is 3.39. The van der Waals surface area contributed by atoms with Crippen molar-refractivity contribution < 1.29 is 9.90 Å². The van der Waals surface area contributed by atoms with Crippen LogP contribution in [0.3, 0.4) is 0 Å². The second-order valence-electron chi connectivity index (χ2n) is 5.00. The summed E-state index contributed by atoms with van der Waals surface area (Å²) in [6.45, 7) is 5.25. The molecule has 1 aliphatic rings. The Kier molecular flexibility index (Phi) is 4.37. The molecular formula is C14H21N3O2. The van der Waals surface area contributed by atoms with E-state index in [1.807, 2.05) is 11.8 Å². The van der Waals surface area contributed by atoms with E-state index in [-0.39, 0.29) is 17.8 Å². The molecule has 2 rings (SSSR count). The first kappa shape index (κ1) is 13.8. The Morgan fingerprint density at radius 1 is 1.47 bits per heavy atom. The zero-order valence-electron chi connectivity index (χ0n) is 11.5. The van der Waals surface area contributed by atoms with Crippen LogP contribution in [0, 0.1) is 6.92 Å². The van der Waals surface area contributed by atoms with Gasteiger partial charge in [-0.3, -0.25) is 14.7 Å².